The van der Waals surface area contributed by atoms with E-state index in [9.17, 15) is 0 Å². The summed E-state index contributed by atoms with van der Waals surface area (Å²) in [6.45, 7) is 0.686. The summed E-state index contributed by atoms with van der Waals surface area (Å²) < 4.78 is 0. The van der Waals surface area contributed by atoms with Gasteiger partial charge in [0, 0.05) is 12.6 Å². The van der Waals surface area contributed by atoms with Crippen molar-refractivity contribution in [1.82, 2.24) is 4.90 Å². The Labute approximate surface area is 92.1 Å². The number of fused-ring (bicyclic) bond motifs is 1. The van der Waals surface area contributed by atoms with E-state index in [-0.39, 0.29) is 0 Å². The molecule has 82 valence electrons. The van der Waals surface area contributed by atoms with Gasteiger partial charge >= 0.3 is 0 Å². The van der Waals surface area contributed by atoms with Gasteiger partial charge in [-0.2, -0.15) is 0 Å². The molecule has 1 aromatic carbocycles. The van der Waals surface area contributed by atoms with Crippen molar-refractivity contribution in [3.05, 3.63) is 34.9 Å². The van der Waals surface area contributed by atoms with E-state index < -0.39 is 0 Å². The minimum atomic E-state index is 0.357. The number of nitrogens with two attached hydrogens (primary N) is 1. The van der Waals surface area contributed by atoms with Crippen LogP contribution in [0.1, 0.15) is 29.2 Å². The number of benzene rings is 1. The fourth-order valence-electron chi connectivity index (χ4n) is 2.44. The maximum absolute atomic E-state index is 5.81. The summed E-state index contributed by atoms with van der Waals surface area (Å²) in [6, 6.07) is 7.22. The van der Waals surface area contributed by atoms with Crippen LogP contribution >= 0.6 is 0 Å². The Morgan fingerprint density at radius 3 is 2.67 bits per heavy atom. The topological polar surface area (TPSA) is 29.3 Å². The fraction of sp³-hybridized carbons (Fsp3) is 0.538. The van der Waals surface area contributed by atoms with Gasteiger partial charge in [-0.3, -0.25) is 0 Å². The average molecular weight is 204 g/mol. The molecule has 2 N–H and O–H groups in total. The van der Waals surface area contributed by atoms with Crippen molar-refractivity contribution in [3.8, 4) is 0 Å². The Morgan fingerprint density at radius 1 is 1.27 bits per heavy atom. The van der Waals surface area contributed by atoms with Crippen LogP contribution in [0.25, 0.3) is 0 Å². The molecular weight excluding hydrogens is 184 g/mol. The minimum absolute atomic E-state index is 0.357. The molecule has 0 bridgehead atoms. The quantitative estimate of drug-likeness (QED) is 0.812. The zero-order valence-corrected chi connectivity index (χ0v) is 9.66. The van der Waals surface area contributed by atoms with Crippen LogP contribution in [-0.4, -0.2) is 25.5 Å². The van der Waals surface area contributed by atoms with Gasteiger partial charge in [0.05, 0.1) is 0 Å². The molecule has 0 radical (unpaired) electrons. The number of hydrogen-bond donors (Lipinski definition) is 1. The van der Waals surface area contributed by atoms with Gasteiger partial charge in [0.25, 0.3) is 0 Å². The molecule has 0 amide bonds. The molecule has 0 saturated heterocycles. The lowest BCUT2D eigenvalue weighted by Gasteiger charge is -2.23. The van der Waals surface area contributed by atoms with Crippen LogP contribution in [0.2, 0.25) is 0 Å². The second-order valence-electron chi connectivity index (χ2n) is 4.60. The first kappa shape index (κ1) is 10.7. The third-order valence-corrected chi connectivity index (χ3v) is 3.35. The highest BCUT2D eigenvalue weighted by atomic mass is 15.1. The second kappa shape index (κ2) is 4.33. The van der Waals surface area contributed by atoms with Gasteiger partial charge in [0.2, 0.25) is 0 Å². The molecule has 1 aliphatic rings. The molecule has 0 aliphatic heterocycles. The first-order chi connectivity index (χ1) is 7.22. The number of aryl methyl sites for hydroxylation is 2. The van der Waals surface area contributed by atoms with E-state index in [0.717, 1.165) is 0 Å². The maximum atomic E-state index is 5.81. The lowest BCUT2D eigenvalue weighted by Crippen LogP contribution is -2.27. The van der Waals surface area contributed by atoms with Crippen LogP contribution in [0, 0.1) is 0 Å². The van der Waals surface area contributed by atoms with Gasteiger partial charge in [-0.1, -0.05) is 18.2 Å². The van der Waals surface area contributed by atoms with Crippen LogP contribution in [0.4, 0.5) is 0 Å². The Balaban J connectivity index is 2.28. The molecule has 1 unspecified atom stereocenters. The third-order valence-electron chi connectivity index (χ3n) is 3.35. The van der Waals surface area contributed by atoms with Crippen molar-refractivity contribution in [1.29, 1.82) is 0 Å². The summed E-state index contributed by atoms with van der Waals surface area (Å²) in [4.78, 5) is 2.19. The molecular formula is C13H20N2. The van der Waals surface area contributed by atoms with Crippen molar-refractivity contribution in [2.45, 2.75) is 25.3 Å². The highest BCUT2D eigenvalue weighted by Crippen LogP contribution is 2.26. The van der Waals surface area contributed by atoms with Crippen LogP contribution in [-0.2, 0) is 12.8 Å². The van der Waals surface area contributed by atoms with Crippen LogP contribution < -0.4 is 5.73 Å². The molecule has 2 heteroatoms. The standard InChI is InChI=1S/C13H20N2/c1-15(2)13(9-14)12-7-6-10-4-3-5-11(10)8-12/h6-8,13H,3-5,9,14H2,1-2H3. The van der Waals surface area contributed by atoms with Crippen LogP contribution in [0.5, 0.6) is 0 Å². The van der Waals surface area contributed by atoms with Crippen molar-refractivity contribution in [3.63, 3.8) is 0 Å². The van der Waals surface area contributed by atoms with E-state index in [4.69, 9.17) is 5.73 Å². The zero-order chi connectivity index (χ0) is 10.8. The normalized spacial score (nSPS) is 16.8. The number of rotatable bonds is 3. The third kappa shape index (κ3) is 2.06. The Kier molecular flexibility index (Phi) is 3.08. The van der Waals surface area contributed by atoms with Crippen molar-refractivity contribution in [2.75, 3.05) is 20.6 Å². The van der Waals surface area contributed by atoms with E-state index in [2.05, 4.69) is 37.2 Å². The molecule has 2 nitrogen and oxygen atoms in total. The fourth-order valence-corrected chi connectivity index (χ4v) is 2.44. The van der Waals surface area contributed by atoms with E-state index in [0.29, 0.717) is 12.6 Å². The first-order valence-electron chi connectivity index (χ1n) is 5.70. The van der Waals surface area contributed by atoms with Gasteiger partial charge in [-0.25, -0.2) is 0 Å². The predicted molar refractivity (Wildman–Crippen MR) is 63.9 cm³/mol. The van der Waals surface area contributed by atoms with Crippen molar-refractivity contribution < 1.29 is 0 Å². The largest absolute Gasteiger partial charge is 0.329 e. The molecule has 2 rings (SSSR count). The van der Waals surface area contributed by atoms with Crippen LogP contribution in [0.15, 0.2) is 18.2 Å². The Bertz CT molecular complexity index is 344. The molecule has 1 aromatic rings. The molecule has 15 heavy (non-hydrogen) atoms. The minimum Gasteiger partial charge on any atom is -0.329 e. The number of likely N-dealkylation sites (N-methyl/N-ethyl adjacent to an activating group) is 1. The van der Waals surface area contributed by atoms with Gasteiger partial charge in [-0.15, -0.1) is 0 Å². The van der Waals surface area contributed by atoms with E-state index >= 15 is 0 Å². The van der Waals surface area contributed by atoms with Gasteiger partial charge in [0.1, 0.15) is 0 Å². The Hall–Kier alpha value is -0.860. The van der Waals surface area contributed by atoms with Gasteiger partial charge in [-0.05, 0) is 50.0 Å². The maximum Gasteiger partial charge on any atom is 0.0464 e. The van der Waals surface area contributed by atoms with E-state index in [1.54, 1.807) is 0 Å². The van der Waals surface area contributed by atoms with E-state index in [1.807, 2.05) is 0 Å². The predicted octanol–water partition coefficient (Wildman–Crippen LogP) is 1.74. The molecule has 1 atom stereocenters. The molecule has 0 spiro atoms. The van der Waals surface area contributed by atoms with Gasteiger partial charge < -0.3 is 10.6 Å². The SMILES string of the molecule is CN(C)C(CN)c1ccc2c(c1)CCC2. The zero-order valence-electron chi connectivity index (χ0n) is 9.66. The molecule has 1 aliphatic carbocycles. The average Bonchev–Trinajstić information content (AvgIpc) is 2.65. The first-order valence-corrected chi connectivity index (χ1v) is 5.70. The van der Waals surface area contributed by atoms with Gasteiger partial charge in [0.15, 0.2) is 0 Å². The number of nitrogens with zero attached hydrogens (tertiary/aromatic N) is 1. The smallest absolute Gasteiger partial charge is 0.0464 e. The number of hydrogen-bond acceptors (Lipinski definition) is 2. The highest BCUT2D eigenvalue weighted by molar-refractivity contribution is 5.36. The Morgan fingerprint density at radius 2 is 2.00 bits per heavy atom. The lowest BCUT2D eigenvalue weighted by molar-refractivity contribution is 0.306. The summed E-state index contributed by atoms with van der Waals surface area (Å²) in [6.07, 6.45) is 3.81. The summed E-state index contributed by atoms with van der Waals surface area (Å²) in [5.74, 6) is 0. The van der Waals surface area contributed by atoms with E-state index in [1.165, 1.54) is 36.0 Å². The monoisotopic (exact) mass is 204 g/mol. The summed E-state index contributed by atoms with van der Waals surface area (Å²) in [5, 5.41) is 0. The van der Waals surface area contributed by atoms with Crippen LogP contribution in [0.3, 0.4) is 0 Å². The van der Waals surface area contributed by atoms with Crippen molar-refractivity contribution in [2.24, 2.45) is 5.73 Å². The summed E-state index contributed by atoms with van der Waals surface area (Å²) in [5.41, 5.74) is 10.2. The molecule has 0 aromatic heterocycles. The highest BCUT2D eigenvalue weighted by Gasteiger charge is 2.16. The molecule has 0 saturated carbocycles. The lowest BCUT2D eigenvalue weighted by atomic mass is 10.0. The summed E-state index contributed by atoms with van der Waals surface area (Å²) >= 11 is 0. The molecule has 0 fully saturated rings. The molecule has 0 heterocycles. The summed E-state index contributed by atoms with van der Waals surface area (Å²) in [7, 11) is 4.18. The van der Waals surface area contributed by atoms with Crippen molar-refractivity contribution >= 4 is 0 Å². The second-order valence-corrected chi connectivity index (χ2v) is 4.60.